The number of hydrogen-bond donors (Lipinski definition) is 1. The van der Waals surface area contributed by atoms with Gasteiger partial charge in [-0.25, -0.2) is 13.2 Å². The Hall–Kier alpha value is -1.26. The van der Waals surface area contributed by atoms with Crippen LogP contribution in [0.1, 0.15) is 20.3 Å². The highest BCUT2D eigenvalue weighted by molar-refractivity contribution is 5.96. The number of hydrogen-bond acceptors (Lipinski definition) is 1. The Kier molecular flexibility index (Phi) is 3.78. The summed E-state index contributed by atoms with van der Waals surface area (Å²) in [6.07, 6.45) is -4.04. The number of rotatable bonds is 2. The number of carbonyl (C=O) groups excluding carboxylic acids is 1. The lowest BCUT2D eigenvalue weighted by Gasteiger charge is -2.27. The average Bonchev–Trinajstić information content (AvgIpc) is 2.13. The molecule has 1 rings (SSSR count). The van der Waals surface area contributed by atoms with Gasteiger partial charge < -0.3 is 5.32 Å². The van der Waals surface area contributed by atoms with E-state index in [2.05, 4.69) is 11.9 Å². The predicted octanol–water partition coefficient (Wildman–Crippen LogP) is 2.58. The minimum Gasteiger partial charge on any atom is -0.327 e. The Balaban J connectivity index is 2.96. The highest BCUT2D eigenvalue weighted by atomic mass is 19.2. The first kappa shape index (κ1) is 12.8. The summed E-state index contributed by atoms with van der Waals surface area (Å²) in [6, 6.07) is 0. The quantitative estimate of drug-likeness (QED) is 0.780. The van der Waals surface area contributed by atoms with E-state index in [0.717, 1.165) is 0 Å². The molecule has 0 saturated carbocycles. The first-order valence-corrected chi connectivity index (χ1v) is 4.98. The van der Waals surface area contributed by atoms with Crippen molar-refractivity contribution in [2.24, 2.45) is 5.92 Å². The summed E-state index contributed by atoms with van der Waals surface area (Å²) < 4.78 is 40.1. The van der Waals surface area contributed by atoms with Crippen molar-refractivity contribution in [2.75, 3.05) is 0 Å². The standard InChI is InChI=1S/C11H14F3NO/c1-5(2)15-11(16)9-8(13)4-7(12)6(3)10(9)14/h6-7,10H,1,4H2,2-3H3,(H,15,16). The minimum absolute atomic E-state index is 0.285. The Morgan fingerprint density at radius 2 is 2.06 bits per heavy atom. The van der Waals surface area contributed by atoms with E-state index in [0.29, 0.717) is 0 Å². The van der Waals surface area contributed by atoms with Gasteiger partial charge in [-0.1, -0.05) is 13.5 Å². The summed E-state index contributed by atoms with van der Waals surface area (Å²) in [4.78, 5) is 11.4. The second-order valence-electron chi connectivity index (χ2n) is 4.03. The van der Waals surface area contributed by atoms with Gasteiger partial charge in [-0.05, 0) is 6.92 Å². The van der Waals surface area contributed by atoms with Crippen LogP contribution in [0.5, 0.6) is 0 Å². The molecule has 0 heterocycles. The maximum Gasteiger partial charge on any atom is 0.256 e. The van der Waals surface area contributed by atoms with E-state index in [9.17, 15) is 18.0 Å². The Morgan fingerprint density at radius 1 is 1.50 bits per heavy atom. The van der Waals surface area contributed by atoms with Crippen LogP contribution in [0.2, 0.25) is 0 Å². The number of nitrogens with one attached hydrogen (secondary N) is 1. The largest absolute Gasteiger partial charge is 0.327 e. The van der Waals surface area contributed by atoms with Gasteiger partial charge in [0.2, 0.25) is 0 Å². The summed E-state index contributed by atoms with van der Waals surface area (Å²) in [5.41, 5.74) is -0.322. The van der Waals surface area contributed by atoms with Crippen LogP contribution in [-0.4, -0.2) is 18.3 Å². The molecule has 0 aromatic heterocycles. The minimum atomic E-state index is -1.91. The van der Waals surface area contributed by atoms with Crippen LogP contribution in [0.3, 0.4) is 0 Å². The zero-order chi connectivity index (χ0) is 12.5. The SMILES string of the molecule is C=C(C)NC(=O)C1=C(F)CC(F)C(C)C1F. The molecule has 2 nitrogen and oxygen atoms in total. The number of halogens is 3. The topological polar surface area (TPSA) is 29.1 Å². The molecule has 16 heavy (non-hydrogen) atoms. The van der Waals surface area contributed by atoms with Gasteiger partial charge in [0.1, 0.15) is 18.2 Å². The zero-order valence-electron chi connectivity index (χ0n) is 9.19. The molecule has 1 N–H and O–H groups in total. The molecule has 3 unspecified atom stereocenters. The molecule has 0 bridgehead atoms. The number of carbonyl (C=O) groups is 1. The first-order chi connectivity index (χ1) is 7.34. The fourth-order valence-electron chi connectivity index (χ4n) is 1.57. The third kappa shape index (κ3) is 2.46. The second-order valence-corrected chi connectivity index (χ2v) is 4.03. The van der Waals surface area contributed by atoms with E-state index in [4.69, 9.17) is 0 Å². The molecule has 0 aromatic rings. The molecule has 90 valence electrons. The molecule has 1 aliphatic carbocycles. The van der Waals surface area contributed by atoms with Gasteiger partial charge in [-0.2, -0.15) is 0 Å². The third-order valence-electron chi connectivity index (χ3n) is 2.55. The molecule has 0 spiro atoms. The molecule has 3 atom stereocenters. The van der Waals surface area contributed by atoms with Gasteiger partial charge in [0.25, 0.3) is 5.91 Å². The third-order valence-corrected chi connectivity index (χ3v) is 2.55. The maximum absolute atomic E-state index is 13.6. The van der Waals surface area contributed by atoms with Crippen LogP contribution in [0.15, 0.2) is 23.7 Å². The lowest BCUT2D eigenvalue weighted by Crippen LogP contribution is -2.37. The van der Waals surface area contributed by atoms with Crippen LogP contribution in [0.4, 0.5) is 13.2 Å². The average molecular weight is 233 g/mol. The Labute approximate surface area is 92.2 Å². The normalized spacial score (nSPS) is 30.2. The van der Waals surface area contributed by atoms with Crippen molar-refractivity contribution in [1.29, 1.82) is 0 Å². The Morgan fingerprint density at radius 3 is 2.56 bits per heavy atom. The number of allylic oxidation sites excluding steroid dienone is 2. The zero-order valence-corrected chi connectivity index (χ0v) is 9.19. The fraction of sp³-hybridized carbons (Fsp3) is 0.545. The van der Waals surface area contributed by atoms with Crippen molar-refractivity contribution in [3.8, 4) is 0 Å². The molecule has 1 aliphatic rings. The van der Waals surface area contributed by atoms with Gasteiger partial charge in [0.05, 0.1) is 5.57 Å². The van der Waals surface area contributed by atoms with Gasteiger partial charge in [0.15, 0.2) is 0 Å². The van der Waals surface area contributed by atoms with Crippen LogP contribution >= 0.6 is 0 Å². The van der Waals surface area contributed by atoms with Gasteiger partial charge in [-0.3, -0.25) is 4.79 Å². The van der Waals surface area contributed by atoms with Crippen molar-refractivity contribution in [1.82, 2.24) is 5.32 Å². The van der Waals surface area contributed by atoms with Crippen molar-refractivity contribution < 1.29 is 18.0 Å². The lowest BCUT2D eigenvalue weighted by atomic mass is 9.85. The summed E-state index contributed by atoms with van der Waals surface area (Å²) in [6.45, 7) is 6.21. The summed E-state index contributed by atoms with van der Waals surface area (Å²) in [5.74, 6) is -2.90. The summed E-state index contributed by atoms with van der Waals surface area (Å²) in [5, 5.41) is 2.21. The highest BCUT2D eigenvalue weighted by Gasteiger charge is 2.39. The Bertz CT molecular complexity index is 351. The molecular weight excluding hydrogens is 219 g/mol. The maximum atomic E-state index is 13.6. The molecular formula is C11H14F3NO. The lowest BCUT2D eigenvalue weighted by molar-refractivity contribution is -0.118. The molecule has 0 aromatic carbocycles. The van der Waals surface area contributed by atoms with Crippen molar-refractivity contribution in [3.05, 3.63) is 23.7 Å². The first-order valence-electron chi connectivity index (χ1n) is 4.98. The predicted molar refractivity (Wildman–Crippen MR) is 54.7 cm³/mol. The highest BCUT2D eigenvalue weighted by Crippen LogP contribution is 2.34. The van der Waals surface area contributed by atoms with Crippen molar-refractivity contribution in [2.45, 2.75) is 32.6 Å². The van der Waals surface area contributed by atoms with Crippen molar-refractivity contribution >= 4 is 5.91 Å². The van der Waals surface area contributed by atoms with Crippen LogP contribution < -0.4 is 5.32 Å². The van der Waals surface area contributed by atoms with Crippen LogP contribution in [0, 0.1) is 5.92 Å². The second kappa shape index (κ2) is 4.72. The number of alkyl halides is 2. The van der Waals surface area contributed by atoms with Crippen LogP contribution in [0.25, 0.3) is 0 Å². The molecule has 5 heteroatoms. The van der Waals surface area contributed by atoms with E-state index in [-0.39, 0.29) is 5.70 Å². The smallest absolute Gasteiger partial charge is 0.256 e. The monoisotopic (exact) mass is 233 g/mol. The van der Waals surface area contributed by atoms with E-state index < -0.39 is 42.0 Å². The molecule has 0 fully saturated rings. The van der Waals surface area contributed by atoms with E-state index in [1.165, 1.54) is 13.8 Å². The molecule has 0 radical (unpaired) electrons. The van der Waals surface area contributed by atoms with Crippen molar-refractivity contribution in [3.63, 3.8) is 0 Å². The van der Waals surface area contributed by atoms with E-state index in [1.54, 1.807) is 0 Å². The van der Waals surface area contributed by atoms with Gasteiger partial charge in [-0.15, -0.1) is 0 Å². The summed E-state index contributed by atoms with van der Waals surface area (Å²) >= 11 is 0. The fourth-order valence-corrected chi connectivity index (χ4v) is 1.57. The van der Waals surface area contributed by atoms with E-state index in [1.807, 2.05) is 0 Å². The van der Waals surface area contributed by atoms with Gasteiger partial charge >= 0.3 is 0 Å². The molecule has 0 aliphatic heterocycles. The van der Waals surface area contributed by atoms with Crippen LogP contribution in [-0.2, 0) is 4.79 Å². The molecule has 1 amide bonds. The van der Waals surface area contributed by atoms with E-state index >= 15 is 0 Å². The van der Waals surface area contributed by atoms with Gasteiger partial charge in [0, 0.05) is 18.0 Å². The molecule has 0 saturated heterocycles. The summed E-state index contributed by atoms with van der Waals surface area (Å²) in [7, 11) is 0. The number of amides is 1.